The van der Waals surface area contributed by atoms with Gasteiger partial charge in [0.05, 0.1) is 7.11 Å². The molecule has 2 rings (SSSR count). The van der Waals surface area contributed by atoms with Crippen LogP contribution in [0.2, 0.25) is 5.02 Å². The number of halogens is 1. The van der Waals surface area contributed by atoms with Crippen molar-refractivity contribution in [3.63, 3.8) is 0 Å². The molecule has 0 spiro atoms. The highest BCUT2D eigenvalue weighted by Gasteiger charge is 2.22. The van der Waals surface area contributed by atoms with Crippen molar-refractivity contribution in [2.24, 2.45) is 0 Å². The average Bonchev–Trinajstić information content (AvgIpc) is 2.89. The molecule has 1 unspecified atom stereocenters. The first kappa shape index (κ1) is 14.6. The first-order valence-corrected chi connectivity index (χ1v) is 7.95. The van der Waals surface area contributed by atoms with Gasteiger partial charge in [-0.05, 0) is 37.6 Å². The van der Waals surface area contributed by atoms with E-state index in [0.717, 1.165) is 19.4 Å². The lowest BCUT2D eigenvalue weighted by molar-refractivity contribution is 0.402. The van der Waals surface area contributed by atoms with Crippen molar-refractivity contribution in [1.82, 2.24) is 10.0 Å². The summed E-state index contributed by atoms with van der Waals surface area (Å²) >= 11 is 5.85. The molecule has 0 saturated carbocycles. The Kier molecular flexibility index (Phi) is 4.67. The Morgan fingerprint density at radius 3 is 2.95 bits per heavy atom. The predicted octanol–water partition coefficient (Wildman–Crippen LogP) is 1.38. The SMILES string of the molecule is COc1ccc(Cl)cc1S(=O)(=O)NCC1CCCN1. The van der Waals surface area contributed by atoms with Crippen LogP contribution in [-0.4, -0.2) is 34.7 Å². The van der Waals surface area contributed by atoms with Gasteiger partial charge in [-0.25, -0.2) is 13.1 Å². The number of nitrogens with one attached hydrogen (secondary N) is 2. The molecule has 0 aromatic heterocycles. The maximum Gasteiger partial charge on any atom is 0.244 e. The van der Waals surface area contributed by atoms with E-state index in [2.05, 4.69) is 10.0 Å². The molecule has 106 valence electrons. The van der Waals surface area contributed by atoms with Gasteiger partial charge < -0.3 is 10.1 Å². The van der Waals surface area contributed by atoms with E-state index in [1.54, 1.807) is 12.1 Å². The number of ether oxygens (including phenoxy) is 1. The van der Waals surface area contributed by atoms with E-state index in [1.165, 1.54) is 13.2 Å². The normalized spacial score (nSPS) is 19.6. The van der Waals surface area contributed by atoms with E-state index in [4.69, 9.17) is 16.3 Å². The van der Waals surface area contributed by atoms with E-state index in [1.807, 2.05) is 0 Å². The molecule has 1 fully saturated rings. The highest BCUT2D eigenvalue weighted by molar-refractivity contribution is 7.89. The summed E-state index contributed by atoms with van der Waals surface area (Å²) in [5, 5.41) is 3.60. The zero-order valence-corrected chi connectivity index (χ0v) is 12.2. The summed E-state index contributed by atoms with van der Waals surface area (Å²) in [5.74, 6) is 0.288. The van der Waals surface area contributed by atoms with Crippen LogP contribution in [0.5, 0.6) is 5.75 Å². The molecule has 0 amide bonds. The summed E-state index contributed by atoms with van der Waals surface area (Å²) in [6, 6.07) is 4.73. The molecule has 1 heterocycles. The number of rotatable bonds is 5. The Morgan fingerprint density at radius 1 is 1.53 bits per heavy atom. The average molecular weight is 305 g/mol. The van der Waals surface area contributed by atoms with E-state index in [-0.39, 0.29) is 16.7 Å². The molecule has 1 aromatic rings. The molecular weight excluding hydrogens is 288 g/mol. The van der Waals surface area contributed by atoms with Gasteiger partial charge in [0.2, 0.25) is 10.0 Å². The molecular formula is C12H17ClN2O3S. The quantitative estimate of drug-likeness (QED) is 0.862. The van der Waals surface area contributed by atoms with Crippen molar-refractivity contribution in [1.29, 1.82) is 0 Å². The van der Waals surface area contributed by atoms with Crippen LogP contribution in [0.1, 0.15) is 12.8 Å². The minimum atomic E-state index is -3.61. The lowest BCUT2D eigenvalue weighted by Crippen LogP contribution is -2.37. The van der Waals surface area contributed by atoms with Gasteiger partial charge in [0.25, 0.3) is 0 Å². The third-order valence-electron chi connectivity index (χ3n) is 3.10. The largest absolute Gasteiger partial charge is 0.495 e. The Hall–Kier alpha value is -0.820. The highest BCUT2D eigenvalue weighted by Crippen LogP contribution is 2.26. The monoisotopic (exact) mass is 304 g/mol. The van der Waals surface area contributed by atoms with Crippen molar-refractivity contribution in [2.75, 3.05) is 20.2 Å². The van der Waals surface area contributed by atoms with Crippen molar-refractivity contribution in [2.45, 2.75) is 23.8 Å². The van der Waals surface area contributed by atoms with Gasteiger partial charge in [0.1, 0.15) is 10.6 Å². The van der Waals surface area contributed by atoms with Crippen molar-refractivity contribution in [3.05, 3.63) is 23.2 Å². The third kappa shape index (κ3) is 3.60. The Balaban J connectivity index is 2.16. The van der Waals surface area contributed by atoms with Gasteiger partial charge in [-0.1, -0.05) is 11.6 Å². The Bertz CT molecular complexity index is 542. The number of sulfonamides is 1. The highest BCUT2D eigenvalue weighted by atomic mass is 35.5. The molecule has 7 heteroatoms. The summed E-state index contributed by atoms with van der Waals surface area (Å²) in [4.78, 5) is 0.0699. The second-order valence-electron chi connectivity index (χ2n) is 4.44. The lowest BCUT2D eigenvalue weighted by atomic mass is 10.2. The van der Waals surface area contributed by atoms with Gasteiger partial charge >= 0.3 is 0 Å². The second kappa shape index (κ2) is 6.09. The fourth-order valence-electron chi connectivity index (χ4n) is 2.08. The first-order valence-electron chi connectivity index (χ1n) is 6.09. The first-order chi connectivity index (χ1) is 9.03. The van der Waals surface area contributed by atoms with E-state index < -0.39 is 10.0 Å². The summed E-state index contributed by atoms with van der Waals surface area (Å²) in [7, 11) is -2.18. The molecule has 1 saturated heterocycles. The van der Waals surface area contributed by atoms with E-state index >= 15 is 0 Å². The van der Waals surface area contributed by atoms with Gasteiger partial charge in [-0.3, -0.25) is 0 Å². The lowest BCUT2D eigenvalue weighted by Gasteiger charge is -2.14. The molecule has 2 N–H and O–H groups in total. The van der Waals surface area contributed by atoms with Crippen molar-refractivity contribution < 1.29 is 13.2 Å². The smallest absolute Gasteiger partial charge is 0.244 e. The number of hydrogen-bond acceptors (Lipinski definition) is 4. The number of hydrogen-bond donors (Lipinski definition) is 2. The zero-order valence-electron chi connectivity index (χ0n) is 10.6. The molecule has 0 radical (unpaired) electrons. The molecule has 1 atom stereocenters. The molecule has 19 heavy (non-hydrogen) atoms. The minimum absolute atomic E-state index is 0.0699. The van der Waals surface area contributed by atoms with E-state index in [0.29, 0.717) is 11.6 Å². The van der Waals surface area contributed by atoms with Crippen molar-refractivity contribution in [3.8, 4) is 5.75 Å². The molecule has 1 aliphatic heterocycles. The summed E-state index contributed by atoms with van der Waals surface area (Å²) < 4.78 is 32.1. The summed E-state index contributed by atoms with van der Waals surface area (Å²) in [6.45, 7) is 1.31. The van der Waals surface area contributed by atoms with Gasteiger partial charge in [-0.2, -0.15) is 0 Å². The Morgan fingerprint density at radius 2 is 2.32 bits per heavy atom. The van der Waals surface area contributed by atoms with Crippen LogP contribution in [-0.2, 0) is 10.0 Å². The Labute approximate surface area is 118 Å². The fourth-order valence-corrected chi connectivity index (χ4v) is 3.59. The van der Waals surface area contributed by atoms with Crippen LogP contribution >= 0.6 is 11.6 Å². The van der Waals surface area contributed by atoms with E-state index in [9.17, 15) is 8.42 Å². The van der Waals surface area contributed by atoms with Crippen LogP contribution in [0.3, 0.4) is 0 Å². The molecule has 0 bridgehead atoms. The fraction of sp³-hybridized carbons (Fsp3) is 0.500. The van der Waals surface area contributed by atoms with Crippen LogP contribution in [0, 0.1) is 0 Å². The molecule has 5 nitrogen and oxygen atoms in total. The van der Waals surface area contributed by atoms with Crippen LogP contribution in [0.15, 0.2) is 23.1 Å². The molecule has 1 aromatic carbocycles. The predicted molar refractivity (Wildman–Crippen MR) is 74.2 cm³/mol. The maximum absolute atomic E-state index is 12.2. The minimum Gasteiger partial charge on any atom is -0.495 e. The van der Waals surface area contributed by atoms with Gasteiger partial charge in [-0.15, -0.1) is 0 Å². The zero-order chi connectivity index (χ0) is 13.9. The van der Waals surface area contributed by atoms with Crippen molar-refractivity contribution >= 4 is 21.6 Å². The molecule has 0 aliphatic carbocycles. The van der Waals surface area contributed by atoms with Gasteiger partial charge in [0.15, 0.2) is 0 Å². The van der Waals surface area contributed by atoms with Crippen LogP contribution in [0.4, 0.5) is 0 Å². The number of benzene rings is 1. The van der Waals surface area contributed by atoms with Crippen LogP contribution in [0.25, 0.3) is 0 Å². The number of methoxy groups -OCH3 is 1. The third-order valence-corrected chi connectivity index (χ3v) is 4.78. The maximum atomic E-state index is 12.2. The topological polar surface area (TPSA) is 67.4 Å². The van der Waals surface area contributed by atoms with Gasteiger partial charge in [0, 0.05) is 17.6 Å². The van der Waals surface area contributed by atoms with Crippen LogP contribution < -0.4 is 14.8 Å². The second-order valence-corrected chi connectivity index (χ2v) is 6.61. The summed E-state index contributed by atoms with van der Waals surface area (Å²) in [5.41, 5.74) is 0. The summed E-state index contributed by atoms with van der Waals surface area (Å²) in [6.07, 6.45) is 2.06. The standard InChI is InChI=1S/C12H17ClN2O3S/c1-18-11-5-4-9(13)7-12(11)19(16,17)15-8-10-3-2-6-14-10/h4-5,7,10,14-15H,2-3,6,8H2,1H3. The molecule has 1 aliphatic rings.